The Bertz CT molecular complexity index is 749. The third-order valence-electron chi connectivity index (χ3n) is 4.35. The number of ether oxygens (including phenoxy) is 1. The minimum atomic E-state index is -0.880. The third kappa shape index (κ3) is 5.60. The summed E-state index contributed by atoms with van der Waals surface area (Å²) in [5, 5.41) is 5.58. The zero-order valence-corrected chi connectivity index (χ0v) is 15.7. The van der Waals surface area contributed by atoms with Gasteiger partial charge in [-0.3, -0.25) is 9.59 Å². The van der Waals surface area contributed by atoms with Gasteiger partial charge in [-0.05, 0) is 24.1 Å². The standard InChI is InChI=1S/C20H26N4O4/c1-3-5-10-22-19(26)16-12-23-18(25)13-24(16)15-9-6-8-14(11-15)17(7-4-2)28-20(21)27/h3-4,6,8-9,11,16-17H,1-2,5,7,10,12-13H2,(H2,21,27)(H,22,26)(H,23,25)/t16?,17-/m0/s1. The number of nitrogens with zero attached hydrogens (tertiary/aromatic N) is 1. The highest BCUT2D eigenvalue weighted by Gasteiger charge is 2.32. The molecule has 0 spiro atoms. The maximum atomic E-state index is 12.6. The van der Waals surface area contributed by atoms with E-state index in [1.165, 1.54) is 0 Å². The van der Waals surface area contributed by atoms with Gasteiger partial charge in [-0.25, -0.2) is 4.79 Å². The van der Waals surface area contributed by atoms with Crippen LogP contribution >= 0.6 is 0 Å². The van der Waals surface area contributed by atoms with Crippen LogP contribution in [-0.2, 0) is 14.3 Å². The Morgan fingerprint density at radius 1 is 1.39 bits per heavy atom. The molecule has 0 bridgehead atoms. The van der Waals surface area contributed by atoms with Crippen LogP contribution in [0.1, 0.15) is 24.5 Å². The monoisotopic (exact) mass is 386 g/mol. The van der Waals surface area contributed by atoms with E-state index in [1.807, 2.05) is 0 Å². The summed E-state index contributed by atoms with van der Waals surface area (Å²) in [5.74, 6) is -0.347. The molecule has 2 atom stereocenters. The van der Waals surface area contributed by atoms with Crippen LogP contribution in [0.3, 0.4) is 0 Å². The molecule has 1 aliphatic rings. The number of hydrogen-bond donors (Lipinski definition) is 3. The molecule has 1 aliphatic heterocycles. The molecule has 2 rings (SSSR count). The fourth-order valence-electron chi connectivity index (χ4n) is 3.01. The zero-order chi connectivity index (χ0) is 20.5. The molecular formula is C20H26N4O4. The van der Waals surface area contributed by atoms with Crippen molar-refractivity contribution in [3.05, 3.63) is 55.1 Å². The van der Waals surface area contributed by atoms with E-state index in [4.69, 9.17) is 10.5 Å². The van der Waals surface area contributed by atoms with E-state index in [0.29, 0.717) is 30.6 Å². The second kappa shape index (κ2) is 10.1. The summed E-state index contributed by atoms with van der Waals surface area (Å²) >= 11 is 0. The number of benzene rings is 1. The average molecular weight is 386 g/mol. The predicted octanol–water partition coefficient (Wildman–Crippen LogP) is 1.40. The molecule has 8 nitrogen and oxygen atoms in total. The van der Waals surface area contributed by atoms with Gasteiger partial charge in [0.1, 0.15) is 12.1 Å². The van der Waals surface area contributed by atoms with Crippen molar-refractivity contribution in [2.45, 2.75) is 25.0 Å². The summed E-state index contributed by atoms with van der Waals surface area (Å²) in [7, 11) is 0. The van der Waals surface area contributed by atoms with Crippen molar-refractivity contribution >= 4 is 23.6 Å². The van der Waals surface area contributed by atoms with Gasteiger partial charge in [0.15, 0.2) is 0 Å². The summed E-state index contributed by atoms with van der Waals surface area (Å²) < 4.78 is 5.16. The Morgan fingerprint density at radius 2 is 2.18 bits per heavy atom. The maximum Gasteiger partial charge on any atom is 0.405 e. The largest absolute Gasteiger partial charge is 0.441 e. The van der Waals surface area contributed by atoms with Gasteiger partial charge in [0.05, 0.1) is 6.54 Å². The number of nitrogens with two attached hydrogens (primary N) is 1. The number of rotatable bonds is 9. The van der Waals surface area contributed by atoms with Crippen molar-refractivity contribution in [1.82, 2.24) is 10.6 Å². The van der Waals surface area contributed by atoms with Crippen LogP contribution in [-0.4, -0.2) is 43.6 Å². The van der Waals surface area contributed by atoms with Crippen LogP contribution in [0.4, 0.5) is 10.5 Å². The molecule has 28 heavy (non-hydrogen) atoms. The SMILES string of the molecule is C=CCCNC(=O)C1CNC(=O)CN1c1cccc([C@H](CC=C)OC(N)=O)c1. The Kier molecular flexibility index (Phi) is 7.62. The van der Waals surface area contributed by atoms with Crippen LogP contribution in [0.5, 0.6) is 0 Å². The van der Waals surface area contributed by atoms with E-state index in [0.717, 1.165) is 0 Å². The molecule has 1 heterocycles. The van der Waals surface area contributed by atoms with Crippen molar-refractivity contribution in [3.8, 4) is 0 Å². The molecule has 0 radical (unpaired) electrons. The number of carbonyl (C=O) groups excluding carboxylic acids is 3. The summed E-state index contributed by atoms with van der Waals surface area (Å²) in [5.41, 5.74) is 6.54. The Morgan fingerprint density at radius 3 is 2.86 bits per heavy atom. The van der Waals surface area contributed by atoms with Gasteiger partial charge in [0, 0.05) is 25.2 Å². The first kappa shape index (κ1) is 21.0. The predicted molar refractivity (Wildman–Crippen MR) is 107 cm³/mol. The van der Waals surface area contributed by atoms with Crippen molar-refractivity contribution in [2.24, 2.45) is 5.73 Å². The molecule has 1 unspecified atom stereocenters. The molecule has 1 aromatic carbocycles. The molecular weight excluding hydrogens is 360 g/mol. The smallest absolute Gasteiger partial charge is 0.405 e. The lowest BCUT2D eigenvalue weighted by atomic mass is 10.0. The molecule has 1 saturated heterocycles. The number of primary amides is 1. The second-order valence-corrected chi connectivity index (χ2v) is 6.36. The summed E-state index contributed by atoms with van der Waals surface area (Å²) in [6.07, 6.45) is 2.93. The second-order valence-electron chi connectivity index (χ2n) is 6.36. The van der Waals surface area contributed by atoms with Gasteiger partial charge in [-0.15, -0.1) is 13.2 Å². The van der Waals surface area contributed by atoms with Gasteiger partial charge in [-0.2, -0.15) is 0 Å². The molecule has 0 aromatic heterocycles. The molecule has 0 saturated carbocycles. The van der Waals surface area contributed by atoms with Gasteiger partial charge in [0.2, 0.25) is 11.8 Å². The van der Waals surface area contributed by atoms with Crippen LogP contribution in [0.15, 0.2) is 49.6 Å². The molecule has 4 N–H and O–H groups in total. The highest BCUT2D eigenvalue weighted by Crippen LogP contribution is 2.27. The third-order valence-corrected chi connectivity index (χ3v) is 4.35. The Labute approximate surface area is 164 Å². The van der Waals surface area contributed by atoms with Crippen molar-refractivity contribution in [3.63, 3.8) is 0 Å². The van der Waals surface area contributed by atoms with Crippen molar-refractivity contribution < 1.29 is 19.1 Å². The van der Waals surface area contributed by atoms with Crippen LogP contribution in [0, 0.1) is 0 Å². The van der Waals surface area contributed by atoms with E-state index in [9.17, 15) is 14.4 Å². The maximum absolute atomic E-state index is 12.6. The quantitative estimate of drug-likeness (QED) is 0.438. The summed E-state index contributed by atoms with van der Waals surface area (Å²) in [4.78, 5) is 37.5. The molecule has 1 fully saturated rings. The number of nitrogens with one attached hydrogen (secondary N) is 2. The van der Waals surface area contributed by atoms with Gasteiger partial charge in [-0.1, -0.05) is 24.3 Å². The number of piperazine rings is 1. The minimum Gasteiger partial charge on any atom is -0.441 e. The van der Waals surface area contributed by atoms with Gasteiger partial charge in [0.25, 0.3) is 0 Å². The van der Waals surface area contributed by atoms with Crippen LogP contribution < -0.4 is 21.3 Å². The first-order valence-corrected chi connectivity index (χ1v) is 9.05. The van der Waals surface area contributed by atoms with Crippen molar-refractivity contribution in [2.75, 3.05) is 24.5 Å². The fourth-order valence-corrected chi connectivity index (χ4v) is 3.01. The number of anilines is 1. The number of carbonyl (C=O) groups is 3. The first-order chi connectivity index (χ1) is 13.5. The normalized spacial score (nSPS) is 17.2. The van der Waals surface area contributed by atoms with Crippen LogP contribution in [0.25, 0.3) is 0 Å². The topological polar surface area (TPSA) is 114 Å². The average Bonchev–Trinajstić information content (AvgIpc) is 2.67. The Hall–Kier alpha value is -3.29. The molecule has 1 aromatic rings. The molecule has 3 amide bonds. The van der Waals surface area contributed by atoms with Crippen molar-refractivity contribution in [1.29, 1.82) is 0 Å². The number of hydrogen-bond acceptors (Lipinski definition) is 5. The molecule has 8 heteroatoms. The highest BCUT2D eigenvalue weighted by atomic mass is 16.6. The van der Waals surface area contributed by atoms with E-state index >= 15 is 0 Å². The minimum absolute atomic E-state index is 0.0474. The lowest BCUT2D eigenvalue weighted by Crippen LogP contribution is -2.60. The summed E-state index contributed by atoms with van der Waals surface area (Å²) in [6, 6.07) is 6.63. The highest BCUT2D eigenvalue weighted by molar-refractivity contribution is 5.92. The van der Waals surface area contributed by atoms with E-state index in [-0.39, 0.29) is 24.9 Å². The fraction of sp³-hybridized carbons (Fsp3) is 0.350. The van der Waals surface area contributed by atoms with Crippen LogP contribution in [0.2, 0.25) is 0 Å². The zero-order valence-electron chi connectivity index (χ0n) is 15.7. The van der Waals surface area contributed by atoms with E-state index < -0.39 is 18.2 Å². The molecule has 0 aliphatic carbocycles. The lowest BCUT2D eigenvalue weighted by Gasteiger charge is -2.36. The van der Waals surface area contributed by atoms with Gasteiger partial charge < -0.3 is 26.0 Å². The lowest BCUT2D eigenvalue weighted by molar-refractivity contribution is -0.125. The van der Waals surface area contributed by atoms with E-state index in [2.05, 4.69) is 23.8 Å². The van der Waals surface area contributed by atoms with Gasteiger partial charge >= 0.3 is 6.09 Å². The Balaban J connectivity index is 2.26. The number of amides is 3. The first-order valence-electron chi connectivity index (χ1n) is 9.05. The molecule has 150 valence electrons. The van der Waals surface area contributed by atoms with E-state index in [1.54, 1.807) is 41.3 Å². The summed E-state index contributed by atoms with van der Waals surface area (Å²) in [6.45, 7) is 8.04.